The van der Waals surface area contributed by atoms with Crippen LogP contribution >= 0.6 is 0 Å². The van der Waals surface area contributed by atoms with Gasteiger partial charge in [-0.15, -0.1) is 0 Å². The largest absolute Gasteiger partial charge is 0.505 e. The first-order valence-electron chi connectivity index (χ1n) is 2.82. The third-order valence-electron chi connectivity index (χ3n) is 1.05. The number of sulfone groups is 2. The van der Waals surface area contributed by atoms with Crippen LogP contribution in [0.3, 0.4) is 0 Å². The molecule has 0 spiro atoms. The number of halogens is 6. The van der Waals surface area contributed by atoms with E-state index in [-0.39, 0.29) is 0 Å². The summed E-state index contributed by atoms with van der Waals surface area (Å²) in [6.45, 7) is 0. The molecule has 0 saturated heterocycles. The molecule has 0 aromatic heterocycles. The van der Waals surface area contributed by atoms with E-state index in [2.05, 4.69) is 0 Å². The van der Waals surface area contributed by atoms with Crippen molar-refractivity contribution in [3.05, 3.63) is 0 Å². The van der Waals surface area contributed by atoms with Crippen LogP contribution in [0.2, 0.25) is 0 Å². The second kappa shape index (κ2) is 3.58. The predicted molar refractivity (Wildman–Crippen MR) is 35.3 cm³/mol. The van der Waals surface area contributed by atoms with E-state index in [1.807, 2.05) is 0 Å². The molecule has 0 radical (unpaired) electrons. The molecule has 13 heteroatoms. The molecule has 16 heavy (non-hydrogen) atoms. The zero-order valence-electron chi connectivity index (χ0n) is 6.63. The molecular weight excluding hydrogens is 294 g/mol. The summed E-state index contributed by atoms with van der Waals surface area (Å²) in [6.07, 6.45) is 0. The molecule has 0 aromatic rings. The lowest BCUT2D eigenvalue weighted by atomic mass is 11.5. The molecule has 0 unspecified atom stereocenters. The highest BCUT2D eigenvalue weighted by atomic mass is 32.3. The van der Waals surface area contributed by atoms with Gasteiger partial charge in [-0.3, -0.25) is 4.79 Å². The molecule has 0 aliphatic carbocycles. The third kappa shape index (κ3) is 2.28. The van der Waals surface area contributed by atoms with Crippen LogP contribution in [0, 0.1) is 0 Å². The summed E-state index contributed by atoms with van der Waals surface area (Å²) in [5.41, 5.74) is -12.8. The molecule has 0 amide bonds. The van der Waals surface area contributed by atoms with Crippen LogP contribution in [0.25, 0.3) is 0 Å². The van der Waals surface area contributed by atoms with Gasteiger partial charge in [-0.1, -0.05) is 0 Å². The smallest absolute Gasteiger partial charge is 0.262 e. The standard InChI is InChI=1S/C3F6O5S2/c4-2(5,6)15(11,12)1(10)16(13,14)3(7,8)9. The van der Waals surface area contributed by atoms with E-state index >= 15 is 0 Å². The Hall–Kier alpha value is -0.850. The third-order valence-corrected chi connectivity index (χ3v) is 4.46. The van der Waals surface area contributed by atoms with Crippen LogP contribution in [0.5, 0.6) is 0 Å². The monoisotopic (exact) mass is 294 g/mol. The highest BCUT2D eigenvalue weighted by Gasteiger charge is 2.63. The fourth-order valence-corrected chi connectivity index (χ4v) is 2.43. The van der Waals surface area contributed by atoms with Gasteiger partial charge < -0.3 is 0 Å². The number of hydrogen-bond donors (Lipinski definition) is 0. The maximum atomic E-state index is 11.6. The number of rotatable bonds is 0. The first kappa shape index (κ1) is 15.2. The molecule has 0 aliphatic heterocycles. The molecule has 0 N–H and O–H groups in total. The highest BCUT2D eigenvalue weighted by molar-refractivity contribution is 8.31. The maximum absolute atomic E-state index is 11.6. The lowest BCUT2D eigenvalue weighted by Crippen LogP contribution is -2.40. The number of hydrogen-bond acceptors (Lipinski definition) is 5. The number of alkyl halides is 6. The summed E-state index contributed by atoms with van der Waals surface area (Å²) >= 11 is 0. The van der Waals surface area contributed by atoms with Crippen LogP contribution in [0.1, 0.15) is 0 Å². The van der Waals surface area contributed by atoms with E-state index in [0.717, 1.165) is 0 Å². The van der Waals surface area contributed by atoms with Crippen molar-refractivity contribution in [3.8, 4) is 0 Å². The van der Waals surface area contributed by atoms with Crippen LogP contribution in [-0.4, -0.2) is 32.3 Å². The molecular formula is C3F6O5S2. The van der Waals surface area contributed by atoms with Gasteiger partial charge in [0.1, 0.15) is 0 Å². The SMILES string of the molecule is O=C(S(=O)(=O)C(F)(F)F)S(=O)(=O)C(F)(F)F. The van der Waals surface area contributed by atoms with Crippen LogP contribution in [0.4, 0.5) is 31.1 Å². The average molecular weight is 294 g/mol. The Balaban J connectivity index is 5.81. The summed E-state index contributed by atoms with van der Waals surface area (Å²) in [5.74, 6) is 0. The van der Waals surface area contributed by atoms with Gasteiger partial charge in [-0.05, 0) is 0 Å². The zero-order valence-corrected chi connectivity index (χ0v) is 8.26. The highest BCUT2D eigenvalue weighted by Crippen LogP contribution is 2.32. The van der Waals surface area contributed by atoms with E-state index in [9.17, 15) is 48.0 Å². The van der Waals surface area contributed by atoms with Crippen molar-refractivity contribution in [2.24, 2.45) is 0 Å². The Bertz CT molecular complexity index is 445. The molecule has 0 saturated carbocycles. The van der Waals surface area contributed by atoms with Gasteiger partial charge in [0, 0.05) is 0 Å². The van der Waals surface area contributed by atoms with Gasteiger partial charge >= 0.3 is 35.1 Å². The molecule has 5 nitrogen and oxygen atoms in total. The molecule has 0 atom stereocenters. The first-order valence-corrected chi connectivity index (χ1v) is 5.79. The van der Waals surface area contributed by atoms with Gasteiger partial charge in [0.25, 0.3) is 0 Å². The van der Waals surface area contributed by atoms with Crippen molar-refractivity contribution in [1.82, 2.24) is 0 Å². The van der Waals surface area contributed by atoms with Crippen molar-refractivity contribution in [2.75, 3.05) is 0 Å². The average Bonchev–Trinajstić information content (AvgIpc) is 1.98. The Labute approximate surface area is 83.9 Å². The summed E-state index contributed by atoms with van der Waals surface area (Å²) in [6, 6.07) is 0. The predicted octanol–water partition coefficient (Wildman–Crippen LogP) is 0.976. The fraction of sp³-hybridized carbons (Fsp3) is 0.667. The second-order valence-electron chi connectivity index (χ2n) is 2.15. The second-order valence-corrected chi connectivity index (χ2v) is 6.09. The lowest BCUT2D eigenvalue weighted by molar-refractivity contribution is -0.0435. The fourth-order valence-electron chi connectivity index (χ4n) is 0.333. The Kier molecular flexibility index (Phi) is 3.39. The van der Waals surface area contributed by atoms with Gasteiger partial charge in [0.15, 0.2) is 0 Å². The molecule has 0 fully saturated rings. The normalized spacial score (nSPS) is 14.9. The van der Waals surface area contributed by atoms with Gasteiger partial charge in [-0.25, -0.2) is 16.8 Å². The molecule has 0 bridgehead atoms. The van der Waals surface area contributed by atoms with Gasteiger partial charge in [-0.2, -0.15) is 26.3 Å². The summed E-state index contributed by atoms with van der Waals surface area (Å²) in [4.78, 5) is 10.2. The minimum Gasteiger partial charge on any atom is -0.262 e. The van der Waals surface area contributed by atoms with E-state index in [1.54, 1.807) is 0 Å². The molecule has 0 aromatic carbocycles. The van der Waals surface area contributed by atoms with Crippen LogP contribution in [-0.2, 0) is 19.7 Å². The van der Waals surface area contributed by atoms with Crippen LogP contribution < -0.4 is 0 Å². The summed E-state index contributed by atoms with van der Waals surface area (Å²) in [5, 5.41) is 0. The Morgan fingerprint density at radius 2 is 0.875 bits per heavy atom. The molecule has 0 heterocycles. The van der Waals surface area contributed by atoms with Crippen molar-refractivity contribution >= 4 is 24.1 Å². The quantitative estimate of drug-likeness (QED) is 0.622. The van der Waals surface area contributed by atoms with Crippen molar-refractivity contribution < 1.29 is 48.0 Å². The van der Waals surface area contributed by atoms with E-state index in [4.69, 9.17) is 0 Å². The first-order chi connectivity index (χ1) is 6.65. The van der Waals surface area contributed by atoms with E-state index < -0.39 is 35.1 Å². The topological polar surface area (TPSA) is 85.3 Å². The number of carbonyl (C=O) groups is 1. The van der Waals surface area contributed by atoms with Gasteiger partial charge in [0.05, 0.1) is 0 Å². The minimum absolute atomic E-state index is 3.94. The van der Waals surface area contributed by atoms with E-state index in [0.29, 0.717) is 0 Å². The molecule has 0 aliphatic rings. The van der Waals surface area contributed by atoms with Crippen molar-refractivity contribution in [3.63, 3.8) is 0 Å². The summed E-state index contributed by atoms with van der Waals surface area (Å²) < 4.78 is 106. The van der Waals surface area contributed by atoms with Crippen LogP contribution in [0.15, 0.2) is 0 Å². The number of carbonyl (C=O) groups excluding carboxylic acids is 1. The maximum Gasteiger partial charge on any atom is 0.505 e. The lowest BCUT2D eigenvalue weighted by Gasteiger charge is -2.08. The molecule has 96 valence electrons. The minimum atomic E-state index is -7.06. The Morgan fingerprint density at radius 3 is 1.00 bits per heavy atom. The zero-order chi connectivity index (χ0) is 13.6. The Morgan fingerprint density at radius 1 is 0.688 bits per heavy atom. The van der Waals surface area contributed by atoms with Gasteiger partial charge in [0.2, 0.25) is 0 Å². The molecule has 0 rings (SSSR count). The van der Waals surface area contributed by atoms with Crippen molar-refractivity contribution in [1.29, 1.82) is 0 Å². The van der Waals surface area contributed by atoms with Crippen molar-refractivity contribution in [2.45, 2.75) is 11.0 Å². The summed E-state index contributed by atoms with van der Waals surface area (Å²) in [7, 11) is -14.1. The van der Waals surface area contributed by atoms with E-state index in [1.165, 1.54) is 0 Å².